The minimum Gasteiger partial charge on any atom is -0.467 e. The number of pyridine rings is 1. The molecule has 6 heteroatoms. The molecule has 1 aliphatic heterocycles. The number of hydrogen-bond acceptors (Lipinski definition) is 4. The summed E-state index contributed by atoms with van der Waals surface area (Å²) in [5, 5.41) is 0.724. The number of carbonyl (C=O) groups is 1. The average molecular weight is 326 g/mol. The second-order valence-electron chi connectivity index (χ2n) is 5.16. The molecule has 0 bridgehead atoms. The Morgan fingerprint density at radius 3 is 2.70 bits per heavy atom. The van der Waals surface area contributed by atoms with E-state index < -0.39 is 17.6 Å². The second-order valence-corrected chi connectivity index (χ2v) is 6.17. The second kappa shape index (κ2) is 5.94. The van der Waals surface area contributed by atoms with Gasteiger partial charge in [0.2, 0.25) is 0 Å². The van der Waals surface area contributed by atoms with Crippen molar-refractivity contribution >= 4 is 23.4 Å². The molecule has 3 rings (SSSR count). The summed E-state index contributed by atoms with van der Waals surface area (Å²) in [6.45, 7) is 9.14. The van der Waals surface area contributed by atoms with Crippen molar-refractivity contribution in [2.75, 3.05) is 12.9 Å². The number of nitrogens with zero attached hydrogens (tertiary/aromatic N) is 2. The first-order chi connectivity index (χ1) is 11.1. The molecule has 0 N–H and O–H groups in total. The number of aromatic nitrogens is 1. The van der Waals surface area contributed by atoms with Gasteiger partial charge < -0.3 is 4.74 Å². The third-order valence-corrected chi connectivity index (χ3v) is 5.08. The van der Waals surface area contributed by atoms with Gasteiger partial charge >= 0.3 is 5.97 Å². The molecule has 0 radical (unpaired) electrons. The fourth-order valence-electron chi connectivity index (χ4n) is 2.81. The Balaban J connectivity index is 2.36. The molecule has 0 fully saturated rings. The lowest BCUT2D eigenvalue weighted by molar-refractivity contribution is -0.143. The highest BCUT2D eigenvalue weighted by atomic mass is 32.2. The fraction of sp³-hybridized carbons (Fsp3) is 0.235. The van der Waals surface area contributed by atoms with Gasteiger partial charge in [-0.1, -0.05) is 30.3 Å². The number of hydrogen-bond donors (Lipinski definition) is 0. The van der Waals surface area contributed by atoms with Crippen molar-refractivity contribution in [2.45, 2.75) is 18.0 Å². The quantitative estimate of drug-likeness (QED) is 0.628. The largest absolute Gasteiger partial charge is 0.467 e. The van der Waals surface area contributed by atoms with Crippen molar-refractivity contribution in [1.29, 1.82) is 0 Å². The van der Waals surface area contributed by atoms with Crippen LogP contribution in [0.5, 0.6) is 0 Å². The molecule has 0 spiro atoms. The number of fused-ring (bicyclic) bond motifs is 1. The summed E-state index contributed by atoms with van der Waals surface area (Å²) in [5.41, 5.74) is 2.06. The van der Waals surface area contributed by atoms with Crippen LogP contribution in [0.25, 0.3) is 16.0 Å². The van der Waals surface area contributed by atoms with Gasteiger partial charge in [0.1, 0.15) is 6.04 Å². The molecule has 1 aromatic heterocycles. The molecule has 2 heterocycles. The van der Waals surface area contributed by atoms with Crippen molar-refractivity contribution in [2.24, 2.45) is 0 Å². The lowest BCUT2D eigenvalue weighted by atomic mass is 10.0. The highest BCUT2D eigenvalue weighted by Gasteiger charge is 2.35. The van der Waals surface area contributed by atoms with Crippen molar-refractivity contribution in [3.63, 3.8) is 0 Å². The Labute approximate surface area is 137 Å². The molecule has 1 unspecified atom stereocenters. The first-order valence-corrected chi connectivity index (χ1v) is 8.01. The zero-order valence-corrected chi connectivity index (χ0v) is 13.5. The fourth-order valence-corrected chi connectivity index (χ4v) is 4.17. The van der Waals surface area contributed by atoms with Crippen LogP contribution in [0.1, 0.15) is 11.6 Å². The first-order valence-electron chi connectivity index (χ1n) is 7.02. The van der Waals surface area contributed by atoms with E-state index in [1.54, 1.807) is 6.92 Å². The third kappa shape index (κ3) is 2.34. The maximum absolute atomic E-state index is 12.7. The van der Waals surface area contributed by atoms with Crippen LogP contribution in [0.4, 0.5) is 5.69 Å². The normalized spacial score (nSPS) is 15.8. The van der Waals surface area contributed by atoms with Crippen molar-refractivity contribution in [3.05, 3.63) is 57.7 Å². The van der Waals surface area contributed by atoms with E-state index in [0.29, 0.717) is 11.3 Å². The van der Waals surface area contributed by atoms with Crippen LogP contribution in [0, 0.1) is 13.5 Å². The molecule has 1 atom stereocenters. The Bertz CT molecular complexity index is 881. The minimum atomic E-state index is -0.684. The molecule has 1 aromatic carbocycles. The molecule has 0 saturated heterocycles. The van der Waals surface area contributed by atoms with E-state index in [2.05, 4.69) is 4.85 Å². The predicted octanol–water partition coefficient (Wildman–Crippen LogP) is 3.19. The first kappa shape index (κ1) is 15.4. The molecular formula is C17H14N2O3S. The van der Waals surface area contributed by atoms with Crippen LogP contribution in [-0.4, -0.2) is 23.4 Å². The summed E-state index contributed by atoms with van der Waals surface area (Å²) in [5.74, 6) is -0.0278. The van der Waals surface area contributed by atoms with E-state index in [1.165, 1.54) is 23.4 Å². The van der Waals surface area contributed by atoms with Crippen molar-refractivity contribution in [1.82, 2.24) is 4.57 Å². The van der Waals surface area contributed by atoms with Crippen LogP contribution in [-0.2, 0) is 9.53 Å². The van der Waals surface area contributed by atoms with Gasteiger partial charge in [0.15, 0.2) is 0 Å². The number of carbonyl (C=O) groups excluding carboxylic acids is 1. The van der Waals surface area contributed by atoms with Crippen LogP contribution >= 0.6 is 11.8 Å². The number of ether oxygens (including phenoxy) is 1. The van der Waals surface area contributed by atoms with Gasteiger partial charge in [-0.15, -0.1) is 11.8 Å². The smallest absolute Gasteiger partial charge is 0.329 e. The maximum Gasteiger partial charge on any atom is 0.329 e. The number of thioether (sulfide) groups is 1. The zero-order chi connectivity index (χ0) is 16.6. The van der Waals surface area contributed by atoms with Crippen molar-refractivity contribution in [3.8, 4) is 11.1 Å². The molecule has 1 aliphatic rings. The monoisotopic (exact) mass is 326 g/mol. The summed E-state index contributed by atoms with van der Waals surface area (Å²) >= 11 is 1.45. The summed E-state index contributed by atoms with van der Waals surface area (Å²) in [7, 11) is 1.30. The topological polar surface area (TPSA) is 52.7 Å². The van der Waals surface area contributed by atoms with E-state index in [9.17, 15) is 9.59 Å². The summed E-state index contributed by atoms with van der Waals surface area (Å²) in [6.07, 6.45) is 0. The van der Waals surface area contributed by atoms with Gasteiger partial charge in [-0.05, 0) is 18.1 Å². The summed E-state index contributed by atoms with van der Waals surface area (Å²) < 4.78 is 6.22. The van der Waals surface area contributed by atoms with Crippen molar-refractivity contribution < 1.29 is 9.53 Å². The van der Waals surface area contributed by atoms with E-state index in [1.807, 2.05) is 30.3 Å². The standard InChI is InChI=1S/C17H14N2O3S/c1-10-13(11-7-5-4-6-8-11)16-19(15(20)14(10)18-2)12(9-23-16)17(21)22-3/h4-8,12H,9H2,1,3H3. The van der Waals surface area contributed by atoms with E-state index in [-0.39, 0.29) is 5.69 Å². The maximum atomic E-state index is 12.7. The Morgan fingerprint density at radius 1 is 1.39 bits per heavy atom. The summed E-state index contributed by atoms with van der Waals surface area (Å²) in [6, 6.07) is 8.92. The van der Waals surface area contributed by atoms with E-state index in [0.717, 1.165) is 16.2 Å². The number of benzene rings is 1. The van der Waals surface area contributed by atoms with Gasteiger partial charge in [-0.2, -0.15) is 0 Å². The van der Waals surface area contributed by atoms with E-state index >= 15 is 0 Å². The summed E-state index contributed by atoms with van der Waals surface area (Å²) in [4.78, 5) is 28.1. The number of rotatable bonds is 2. The van der Waals surface area contributed by atoms with Gasteiger partial charge in [-0.25, -0.2) is 9.64 Å². The lowest BCUT2D eigenvalue weighted by Crippen LogP contribution is -2.30. The SMILES string of the molecule is [C-]#[N+]c1c(C)c(-c2ccccc2)c2n(c1=O)C(C(=O)OC)CS2. The van der Waals surface area contributed by atoms with Gasteiger partial charge in [0.25, 0.3) is 11.2 Å². The average Bonchev–Trinajstić information content (AvgIpc) is 3.00. The highest BCUT2D eigenvalue weighted by Crippen LogP contribution is 2.43. The van der Waals surface area contributed by atoms with Gasteiger partial charge in [0.05, 0.1) is 18.7 Å². The van der Waals surface area contributed by atoms with E-state index in [4.69, 9.17) is 11.3 Å². The molecule has 5 nitrogen and oxygen atoms in total. The van der Waals surface area contributed by atoms with Gasteiger partial charge in [-0.3, -0.25) is 9.36 Å². The van der Waals surface area contributed by atoms with Gasteiger partial charge in [0, 0.05) is 11.3 Å². The number of methoxy groups -OCH3 is 1. The highest BCUT2D eigenvalue weighted by molar-refractivity contribution is 7.99. The molecule has 0 aliphatic carbocycles. The Hall–Kier alpha value is -2.52. The number of esters is 1. The van der Waals surface area contributed by atoms with Crippen LogP contribution in [0.3, 0.4) is 0 Å². The Kier molecular flexibility index (Phi) is 3.97. The predicted molar refractivity (Wildman–Crippen MR) is 88.9 cm³/mol. The molecule has 23 heavy (non-hydrogen) atoms. The molecule has 0 amide bonds. The minimum absolute atomic E-state index is 0.0593. The molecule has 2 aromatic rings. The lowest BCUT2D eigenvalue weighted by Gasteiger charge is -2.17. The molecule has 0 saturated carbocycles. The molecular weight excluding hydrogens is 312 g/mol. The Morgan fingerprint density at radius 2 is 2.09 bits per heavy atom. The van der Waals surface area contributed by atoms with Crippen LogP contribution in [0.15, 0.2) is 40.2 Å². The van der Waals surface area contributed by atoms with Crippen LogP contribution in [0.2, 0.25) is 0 Å². The zero-order valence-electron chi connectivity index (χ0n) is 12.7. The molecule has 116 valence electrons. The third-order valence-electron chi connectivity index (χ3n) is 3.92. The van der Waals surface area contributed by atoms with Crippen LogP contribution < -0.4 is 5.56 Å².